The maximum atomic E-state index is 13.1. The van der Waals surface area contributed by atoms with Crippen LogP contribution in [0.25, 0.3) is 0 Å². The van der Waals surface area contributed by atoms with Crippen molar-refractivity contribution >= 4 is 17.9 Å². The molecule has 0 rings (SSSR count). The van der Waals surface area contributed by atoms with E-state index in [1.165, 1.54) is 57.8 Å². The smallest absolute Gasteiger partial charge is 0.306 e. The Morgan fingerprint density at radius 2 is 0.844 bits per heavy atom. The van der Waals surface area contributed by atoms with Gasteiger partial charge >= 0.3 is 17.9 Å². The van der Waals surface area contributed by atoms with E-state index < -0.39 is 6.10 Å². The number of ether oxygens (including phenoxy) is 3. The Morgan fingerprint density at radius 1 is 0.467 bits per heavy atom. The van der Waals surface area contributed by atoms with Crippen molar-refractivity contribution in [3.05, 3.63) is 0 Å². The van der Waals surface area contributed by atoms with Gasteiger partial charge in [0.1, 0.15) is 19.3 Å². The Hall–Kier alpha value is -1.59. The molecule has 0 amide bonds. The molecule has 2 unspecified atom stereocenters. The average Bonchev–Trinajstić information content (AvgIpc) is 3.01. The van der Waals surface area contributed by atoms with Crippen LogP contribution in [0.15, 0.2) is 0 Å². The van der Waals surface area contributed by atoms with E-state index in [4.69, 9.17) is 14.2 Å². The standard InChI is InChI=1S/C39H74O6/c1-7-12-17-18-23-28-37(40)43-31-36(32-44-38(41)29-34(24-19-13-8-2)25-20-14-9-3)33(6)45-39(42)30-35(26-21-15-10-4)27-22-16-11-5/h33-36H,7-32H2,1-6H3. The molecule has 45 heavy (non-hydrogen) atoms. The van der Waals surface area contributed by atoms with Crippen molar-refractivity contribution in [2.24, 2.45) is 17.8 Å². The number of carbonyl (C=O) groups excluding carboxylic acids is 3. The summed E-state index contributed by atoms with van der Waals surface area (Å²) in [7, 11) is 0. The van der Waals surface area contributed by atoms with Gasteiger partial charge in [-0.3, -0.25) is 14.4 Å². The first kappa shape index (κ1) is 43.4. The molecule has 2 atom stereocenters. The van der Waals surface area contributed by atoms with Gasteiger partial charge in [0.2, 0.25) is 0 Å². The van der Waals surface area contributed by atoms with E-state index in [2.05, 4.69) is 34.6 Å². The quantitative estimate of drug-likeness (QED) is 0.0414. The summed E-state index contributed by atoms with van der Waals surface area (Å²) in [5.41, 5.74) is 0. The zero-order valence-corrected chi connectivity index (χ0v) is 30.6. The van der Waals surface area contributed by atoms with Crippen molar-refractivity contribution < 1.29 is 28.6 Å². The minimum atomic E-state index is -0.514. The minimum absolute atomic E-state index is 0.0857. The number of unbranched alkanes of at least 4 members (excludes halogenated alkanes) is 12. The lowest BCUT2D eigenvalue weighted by Gasteiger charge is -2.25. The van der Waals surface area contributed by atoms with Gasteiger partial charge in [-0.05, 0) is 50.9 Å². The van der Waals surface area contributed by atoms with Crippen molar-refractivity contribution in [2.45, 2.75) is 202 Å². The molecule has 0 aromatic carbocycles. The lowest BCUT2D eigenvalue weighted by Crippen LogP contribution is -2.33. The number of carbonyl (C=O) groups is 3. The summed E-state index contributed by atoms with van der Waals surface area (Å²) in [6, 6.07) is 0. The van der Waals surface area contributed by atoms with Crippen molar-refractivity contribution in [3.8, 4) is 0 Å². The molecule has 0 N–H and O–H groups in total. The molecule has 0 aliphatic rings. The van der Waals surface area contributed by atoms with Gasteiger partial charge in [0, 0.05) is 19.3 Å². The Balaban J connectivity index is 5.25. The molecule has 0 radical (unpaired) electrons. The molecule has 6 nitrogen and oxygen atoms in total. The summed E-state index contributed by atoms with van der Waals surface area (Å²) in [5, 5.41) is 0. The van der Waals surface area contributed by atoms with Gasteiger partial charge in [-0.15, -0.1) is 0 Å². The summed E-state index contributed by atoms with van der Waals surface area (Å²) in [6.07, 6.45) is 24.2. The molecule has 0 aliphatic carbocycles. The highest BCUT2D eigenvalue weighted by atomic mass is 16.6. The molecule has 0 aliphatic heterocycles. The molecular weight excluding hydrogens is 564 g/mol. The van der Waals surface area contributed by atoms with Crippen LogP contribution in [0.5, 0.6) is 0 Å². The lowest BCUT2D eigenvalue weighted by atomic mass is 9.92. The highest BCUT2D eigenvalue weighted by molar-refractivity contribution is 5.70. The Labute approximate surface area is 278 Å². The van der Waals surface area contributed by atoms with E-state index in [1.807, 2.05) is 6.92 Å². The molecule has 0 bridgehead atoms. The van der Waals surface area contributed by atoms with E-state index in [0.29, 0.717) is 31.1 Å². The summed E-state index contributed by atoms with van der Waals surface area (Å²) < 4.78 is 17.4. The summed E-state index contributed by atoms with van der Waals surface area (Å²) in [5.74, 6) is -0.356. The summed E-state index contributed by atoms with van der Waals surface area (Å²) in [4.78, 5) is 38.6. The first-order valence-corrected chi connectivity index (χ1v) is 19.3. The second-order valence-corrected chi connectivity index (χ2v) is 13.6. The predicted octanol–water partition coefficient (Wildman–Crippen LogP) is 11.3. The SMILES string of the molecule is CCCCCCCC(=O)OCC(COC(=O)CC(CCCCC)CCCCC)C(C)OC(=O)CC(CCCCC)CCCCC. The molecule has 266 valence electrons. The lowest BCUT2D eigenvalue weighted by molar-refractivity contribution is -0.160. The van der Waals surface area contributed by atoms with Crippen molar-refractivity contribution in [1.82, 2.24) is 0 Å². The van der Waals surface area contributed by atoms with Gasteiger partial charge in [0.15, 0.2) is 0 Å². The first-order chi connectivity index (χ1) is 21.8. The van der Waals surface area contributed by atoms with Crippen molar-refractivity contribution in [2.75, 3.05) is 13.2 Å². The van der Waals surface area contributed by atoms with Gasteiger partial charge < -0.3 is 14.2 Å². The number of esters is 3. The highest BCUT2D eigenvalue weighted by Gasteiger charge is 2.26. The Bertz CT molecular complexity index is 688. The number of hydrogen-bond donors (Lipinski definition) is 0. The normalized spacial score (nSPS) is 12.8. The van der Waals surface area contributed by atoms with E-state index in [9.17, 15) is 14.4 Å². The maximum Gasteiger partial charge on any atom is 0.306 e. The number of rotatable bonds is 32. The second kappa shape index (κ2) is 31.0. The van der Waals surface area contributed by atoms with Crippen LogP contribution in [-0.2, 0) is 28.6 Å². The van der Waals surface area contributed by atoms with Crippen molar-refractivity contribution in [1.29, 1.82) is 0 Å². The van der Waals surface area contributed by atoms with Gasteiger partial charge in [0.05, 0.1) is 5.92 Å². The third-order valence-corrected chi connectivity index (χ3v) is 9.16. The maximum absolute atomic E-state index is 13.1. The van der Waals surface area contributed by atoms with E-state index in [0.717, 1.165) is 77.0 Å². The minimum Gasteiger partial charge on any atom is -0.465 e. The summed E-state index contributed by atoms with van der Waals surface area (Å²) in [6.45, 7) is 13.0. The second-order valence-electron chi connectivity index (χ2n) is 13.6. The largest absolute Gasteiger partial charge is 0.465 e. The van der Waals surface area contributed by atoms with Crippen LogP contribution >= 0.6 is 0 Å². The third-order valence-electron chi connectivity index (χ3n) is 9.16. The van der Waals surface area contributed by atoms with Gasteiger partial charge in [-0.2, -0.15) is 0 Å². The molecule has 0 aromatic rings. The van der Waals surface area contributed by atoms with Crippen LogP contribution < -0.4 is 0 Å². The fourth-order valence-electron chi connectivity index (χ4n) is 5.98. The molecule has 0 aromatic heterocycles. The Kier molecular flexibility index (Phi) is 29.9. The van der Waals surface area contributed by atoms with Gasteiger partial charge in [-0.1, -0.05) is 137 Å². The van der Waals surface area contributed by atoms with Gasteiger partial charge in [-0.25, -0.2) is 0 Å². The predicted molar refractivity (Wildman–Crippen MR) is 187 cm³/mol. The zero-order valence-electron chi connectivity index (χ0n) is 30.6. The fraction of sp³-hybridized carbons (Fsp3) is 0.923. The molecule has 0 spiro atoms. The molecule has 6 heteroatoms. The third kappa shape index (κ3) is 26.2. The number of hydrogen-bond acceptors (Lipinski definition) is 6. The highest BCUT2D eigenvalue weighted by Crippen LogP contribution is 2.24. The molecule has 0 saturated carbocycles. The van der Waals surface area contributed by atoms with Crippen LogP contribution in [0.1, 0.15) is 196 Å². The molecule has 0 fully saturated rings. The fourth-order valence-corrected chi connectivity index (χ4v) is 5.98. The van der Waals surface area contributed by atoms with Crippen LogP contribution in [0.3, 0.4) is 0 Å². The zero-order chi connectivity index (χ0) is 33.5. The monoisotopic (exact) mass is 639 g/mol. The van der Waals surface area contributed by atoms with E-state index >= 15 is 0 Å². The van der Waals surface area contributed by atoms with Gasteiger partial charge in [0.25, 0.3) is 0 Å². The van der Waals surface area contributed by atoms with Crippen LogP contribution in [-0.4, -0.2) is 37.2 Å². The molecular formula is C39H74O6. The Morgan fingerprint density at radius 3 is 1.29 bits per heavy atom. The van der Waals surface area contributed by atoms with Crippen LogP contribution in [0.4, 0.5) is 0 Å². The molecule has 0 heterocycles. The topological polar surface area (TPSA) is 78.9 Å². The van der Waals surface area contributed by atoms with Crippen LogP contribution in [0.2, 0.25) is 0 Å². The summed E-state index contributed by atoms with van der Waals surface area (Å²) >= 11 is 0. The molecule has 0 saturated heterocycles. The first-order valence-electron chi connectivity index (χ1n) is 19.3. The average molecular weight is 639 g/mol. The van der Waals surface area contributed by atoms with E-state index in [1.54, 1.807) is 0 Å². The van der Waals surface area contributed by atoms with Crippen LogP contribution in [0, 0.1) is 17.8 Å². The van der Waals surface area contributed by atoms with Crippen molar-refractivity contribution in [3.63, 3.8) is 0 Å². The van der Waals surface area contributed by atoms with E-state index in [-0.39, 0.29) is 37.0 Å².